The molecule has 0 aliphatic rings. The monoisotopic (exact) mass is 392 g/mol. The number of carboxylic acid groups (broad SMARTS) is 1. The van der Waals surface area contributed by atoms with E-state index in [1.165, 1.54) is 17.3 Å². The van der Waals surface area contributed by atoms with Crippen molar-refractivity contribution in [2.75, 3.05) is 12.4 Å². The van der Waals surface area contributed by atoms with Crippen molar-refractivity contribution in [3.05, 3.63) is 53.6 Å². The minimum absolute atomic E-state index is 0. The van der Waals surface area contributed by atoms with E-state index in [9.17, 15) is 4.79 Å². The molecular formula is C19H21ClN2O3S. The molecule has 0 amide bonds. The Morgan fingerprint density at radius 1 is 1.23 bits per heavy atom. The van der Waals surface area contributed by atoms with Crippen LogP contribution in [0.25, 0.3) is 11.0 Å². The molecule has 3 rings (SSSR count). The molecule has 0 saturated carbocycles. The van der Waals surface area contributed by atoms with Gasteiger partial charge in [0, 0.05) is 5.75 Å². The second kappa shape index (κ2) is 8.96. The predicted octanol–water partition coefficient (Wildman–Crippen LogP) is 4.33. The van der Waals surface area contributed by atoms with E-state index >= 15 is 0 Å². The van der Waals surface area contributed by atoms with Crippen molar-refractivity contribution in [1.29, 1.82) is 0 Å². The van der Waals surface area contributed by atoms with Crippen LogP contribution in [0.1, 0.15) is 11.1 Å². The summed E-state index contributed by atoms with van der Waals surface area (Å²) in [6.07, 6.45) is 0. The van der Waals surface area contributed by atoms with Crippen molar-refractivity contribution in [3.8, 4) is 5.75 Å². The Morgan fingerprint density at radius 2 is 2.00 bits per heavy atom. The van der Waals surface area contributed by atoms with Gasteiger partial charge in [0.05, 0.1) is 17.6 Å². The van der Waals surface area contributed by atoms with Gasteiger partial charge < -0.3 is 14.4 Å². The summed E-state index contributed by atoms with van der Waals surface area (Å²) in [6, 6.07) is 13.7. The number of fused-ring (bicyclic) bond motifs is 1. The lowest BCUT2D eigenvalue weighted by Crippen LogP contribution is -2.10. The topological polar surface area (TPSA) is 64.4 Å². The van der Waals surface area contributed by atoms with Gasteiger partial charge in [0.15, 0.2) is 5.16 Å². The molecule has 1 N–H and O–H groups in total. The van der Waals surface area contributed by atoms with Gasteiger partial charge in [-0.1, -0.05) is 41.6 Å². The van der Waals surface area contributed by atoms with E-state index in [0.29, 0.717) is 17.5 Å². The van der Waals surface area contributed by atoms with E-state index in [0.717, 1.165) is 22.3 Å². The highest BCUT2D eigenvalue weighted by Gasteiger charge is 2.13. The lowest BCUT2D eigenvalue weighted by atomic mass is 10.1. The van der Waals surface area contributed by atoms with Crippen LogP contribution in [0, 0.1) is 13.8 Å². The number of hydrogen-bond donors (Lipinski definition) is 1. The summed E-state index contributed by atoms with van der Waals surface area (Å²) >= 11 is 1.51. The molecule has 0 bridgehead atoms. The van der Waals surface area contributed by atoms with E-state index in [1.807, 2.05) is 43.3 Å². The van der Waals surface area contributed by atoms with Crippen LogP contribution in [0.2, 0.25) is 0 Å². The van der Waals surface area contributed by atoms with Crippen molar-refractivity contribution < 1.29 is 14.6 Å². The molecular weight excluding hydrogens is 372 g/mol. The molecule has 0 aliphatic carbocycles. The third-order valence-corrected chi connectivity index (χ3v) is 4.76. The van der Waals surface area contributed by atoms with E-state index < -0.39 is 5.97 Å². The highest BCUT2D eigenvalue weighted by atomic mass is 35.5. The molecule has 3 aromatic rings. The molecule has 138 valence electrons. The molecule has 0 fully saturated rings. The first kappa shape index (κ1) is 20.1. The first-order chi connectivity index (χ1) is 12.0. The van der Waals surface area contributed by atoms with E-state index in [1.54, 1.807) is 4.57 Å². The Balaban J connectivity index is 0.00000243. The van der Waals surface area contributed by atoms with E-state index in [4.69, 9.17) is 9.84 Å². The van der Waals surface area contributed by atoms with Gasteiger partial charge in [-0.05, 0) is 37.6 Å². The summed E-state index contributed by atoms with van der Waals surface area (Å²) in [4.78, 5) is 15.7. The lowest BCUT2D eigenvalue weighted by Gasteiger charge is -2.10. The quantitative estimate of drug-likeness (QED) is 0.479. The van der Waals surface area contributed by atoms with Crippen LogP contribution in [0.3, 0.4) is 0 Å². The van der Waals surface area contributed by atoms with Crippen LogP contribution >= 0.6 is 24.2 Å². The number of halogens is 1. The zero-order valence-electron chi connectivity index (χ0n) is 14.6. The molecule has 0 radical (unpaired) electrons. The Hall–Kier alpha value is -2.18. The summed E-state index contributed by atoms with van der Waals surface area (Å²) in [5.41, 5.74) is 3.97. The van der Waals surface area contributed by atoms with Gasteiger partial charge in [-0.25, -0.2) is 4.98 Å². The van der Waals surface area contributed by atoms with Crippen molar-refractivity contribution in [2.45, 2.75) is 25.5 Å². The standard InChI is InChI=1S/C19H20N2O3S.ClH/c1-13-7-8-17(14(2)11-13)24-9-10-25-19-20-15-5-3-4-6-16(15)21(19)12-18(22)23;/h3-8,11H,9-10,12H2,1-2H3,(H,22,23);1H. The fourth-order valence-electron chi connectivity index (χ4n) is 2.70. The molecule has 1 aromatic heterocycles. The number of benzene rings is 2. The van der Waals surface area contributed by atoms with Crippen molar-refractivity contribution in [2.24, 2.45) is 0 Å². The van der Waals surface area contributed by atoms with Crippen molar-refractivity contribution in [3.63, 3.8) is 0 Å². The number of aromatic nitrogens is 2. The largest absolute Gasteiger partial charge is 0.492 e. The van der Waals surface area contributed by atoms with Crippen LogP contribution in [0.4, 0.5) is 0 Å². The van der Waals surface area contributed by atoms with Crippen LogP contribution in [0.5, 0.6) is 5.75 Å². The maximum absolute atomic E-state index is 11.2. The summed E-state index contributed by atoms with van der Waals surface area (Å²) in [6.45, 7) is 4.52. The molecule has 26 heavy (non-hydrogen) atoms. The average molecular weight is 393 g/mol. The van der Waals surface area contributed by atoms with Crippen LogP contribution in [0.15, 0.2) is 47.6 Å². The molecule has 0 saturated heterocycles. The highest BCUT2D eigenvalue weighted by Crippen LogP contribution is 2.25. The second-order valence-electron chi connectivity index (χ2n) is 5.83. The first-order valence-electron chi connectivity index (χ1n) is 8.04. The van der Waals surface area contributed by atoms with Crippen molar-refractivity contribution in [1.82, 2.24) is 9.55 Å². The van der Waals surface area contributed by atoms with Crippen molar-refractivity contribution >= 4 is 41.2 Å². The van der Waals surface area contributed by atoms with E-state index in [2.05, 4.69) is 18.0 Å². The van der Waals surface area contributed by atoms with Crippen LogP contribution in [-0.4, -0.2) is 33.0 Å². The minimum atomic E-state index is -0.878. The Labute approximate surface area is 162 Å². The second-order valence-corrected chi connectivity index (χ2v) is 6.89. The number of thioether (sulfide) groups is 1. The zero-order valence-corrected chi connectivity index (χ0v) is 16.3. The number of para-hydroxylation sites is 2. The summed E-state index contributed by atoms with van der Waals surface area (Å²) < 4.78 is 7.57. The summed E-state index contributed by atoms with van der Waals surface area (Å²) in [5, 5.41) is 9.86. The molecule has 0 spiro atoms. The molecule has 7 heteroatoms. The molecule has 0 atom stereocenters. The third-order valence-electron chi connectivity index (χ3n) is 3.82. The number of nitrogens with zero attached hydrogens (tertiary/aromatic N) is 2. The molecule has 0 unspecified atom stereocenters. The van der Waals surface area contributed by atoms with E-state index in [-0.39, 0.29) is 19.0 Å². The number of imidazole rings is 1. The number of aliphatic carboxylic acids is 1. The molecule has 1 heterocycles. The Morgan fingerprint density at radius 3 is 2.73 bits per heavy atom. The summed E-state index contributed by atoms with van der Waals surface area (Å²) in [7, 11) is 0. The van der Waals surface area contributed by atoms with Gasteiger partial charge in [-0.3, -0.25) is 4.79 Å². The maximum Gasteiger partial charge on any atom is 0.323 e. The van der Waals surface area contributed by atoms with Gasteiger partial charge >= 0.3 is 5.97 Å². The summed E-state index contributed by atoms with van der Waals surface area (Å²) in [5.74, 6) is 0.692. The minimum Gasteiger partial charge on any atom is -0.492 e. The number of carbonyl (C=O) groups is 1. The number of hydrogen-bond acceptors (Lipinski definition) is 4. The number of rotatable bonds is 7. The smallest absolute Gasteiger partial charge is 0.323 e. The van der Waals surface area contributed by atoms with Gasteiger partial charge in [-0.2, -0.15) is 0 Å². The fraction of sp³-hybridized carbons (Fsp3) is 0.263. The van der Waals surface area contributed by atoms with Crippen LogP contribution < -0.4 is 4.74 Å². The first-order valence-corrected chi connectivity index (χ1v) is 9.03. The van der Waals surface area contributed by atoms with Gasteiger partial charge in [-0.15, -0.1) is 12.4 Å². The zero-order chi connectivity index (χ0) is 17.8. The normalized spacial score (nSPS) is 10.5. The fourth-order valence-corrected chi connectivity index (χ4v) is 3.53. The maximum atomic E-state index is 11.2. The third kappa shape index (κ3) is 4.71. The molecule has 0 aliphatic heterocycles. The SMILES string of the molecule is Cc1ccc(OCCSc2nc3ccccc3n2CC(=O)O)c(C)c1.Cl. The van der Waals surface area contributed by atoms with Gasteiger partial charge in [0.2, 0.25) is 0 Å². The Bertz CT molecular complexity index is 911. The average Bonchev–Trinajstić information content (AvgIpc) is 2.90. The highest BCUT2D eigenvalue weighted by molar-refractivity contribution is 7.99. The number of aryl methyl sites for hydroxylation is 2. The molecule has 2 aromatic carbocycles. The predicted molar refractivity (Wildman–Crippen MR) is 107 cm³/mol. The Kier molecular flexibility index (Phi) is 6.94. The number of ether oxygens (including phenoxy) is 1. The molecule has 5 nitrogen and oxygen atoms in total. The van der Waals surface area contributed by atoms with Gasteiger partial charge in [0.25, 0.3) is 0 Å². The number of carboxylic acids is 1. The van der Waals surface area contributed by atoms with Crippen LogP contribution in [-0.2, 0) is 11.3 Å². The van der Waals surface area contributed by atoms with Gasteiger partial charge in [0.1, 0.15) is 12.3 Å². The lowest BCUT2D eigenvalue weighted by molar-refractivity contribution is -0.137.